The van der Waals surface area contributed by atoms with E-state index in [-0.39, 0.29) is 0 Å². The minimum absolute atomic E-state index is 0.320. The first-order valence-corrected chi connectivity index (χ1v) is 2.66. The molecule has 0 fully saturated rings. The zero-order valence-electron chi connectivity index (χ0n) is 4.82. The van der Waals surface area contributed by atoms with Crippen LogP contribution in [0.25, 0.3) is 0 Å². The number of halogens is 1. The largest absolute Gasteiger partial charge is 0.315 e. The number of hydrogen-bond donors (Lipinski definition) is 1. The highest BCUT2D eigenvalue weighted by Crippen LogP contribution is 1.94. The van der Waals surface area contributed by atoms with Gasteiger partial charge >= 0.3 is 0 Å². The number of nitrogens with zero attached hydrogens (tertiary/aromatic N) is 1. The lowest BCUT2D eigenvalue weighted by Gasteiger charge is -1.85. The van der Waals surface area contributed by atoms with Gasteiger partial charge in [0, 0.05) is 12.8 Å². The summed E-state index contributed by atoms with van der Waals surface area (Å²) in [6, 6.07) is 0. The van der Waals surface area contributed by atoms with E-state index in [2.05, 4.69) is 16.9 Å². The quantitative estimate of drug-likeness (QED) is 0.450. The Morgan fingerprint density at radius 2 is 2.62 bits per heavy atom. The Labute approximate surface area is 54.3 Å². The molecule has 0 rings (SSSR count). The molecule has 1 N–H and O–H groups in total. The molecule has 0 aliphatic rings. The Balaban J connectivity index is 3.20. The van der Waals surface area contributed by atoms with Gasteiger partial charge in [0.2, 0.25) is 0 Å². The molecule has 0 unspecified atom stereocenters. The van der Waals surface area contributed by atoms with Crippen molar-refractivity contribution in [1.82, 2.24) is 5.32 Å². The highest BCUT2D eigenvalue weighted by Gasteiger charge is 1.73. The molecule has 0 atom stereocenters. The molecular weight excluding hydrogens is 124 g/mol. The molecule has 2 nitrogen and oxygen atoms in total. The SMILES string of the molecule is C=C(Cl)N=CCNC. The smallest absolute Gasteiger partial charge is 0.121 e. The molecule has 0 aliphatic heterocycles. The van der Waals surface area contributed by atoms with Gasteiger partial charge in [-0.25, -0.2) is 4.99 Å². The van der Waals surface area contributed by atoms with Gasteiger partial charge < -0.3 is 5.32 Å². The van der Waals surface area contributed by atoms with Crippen molar-refractivity contribution in [2.75, 3.05) is 13.6 Å². The molecule has 0 saturated carbocycles. The maximum Gasteiger partial charge on any atom is 0.121 e. The maximum absolute atomic E-state index is 5.29. The lowest BCUT2D eigenvalue weighted by Crippen LogP contribution is -2.07. The van der Waals surface area contributed by atoms with Crippen LogP contribution in [0.4, 0.5) is 0 Å². The van der Waals surface area contributed by atoms with Crippen LogP contribution in [0.3, 0.4) is 0 Å². The second kappa shape index (κ2) is 4.81. The third-order valence-electron chi connectivity index (χ3n) is 0.527. The van der Waals surface area contributed by atoms with Gasteiger partial charge in [0.25, 0.3) is 0 Å². The summed E-state index contributed by atoms with van der Waals surface area (Å²) in [6.45, 7) is 4.09. The van der Waals surface area contributed by atoms with Crippen LogP contribution in [0.15, 0.2) is 16.7 Å². The zero-order valence-corrected chi connectivity index (χ0v) is 5.57. The molecule has 0 aromatic rings. The summed E-state index contributed by atoms with van der Waals surface area (Å²) >= 11 is 5.29. The standard InChI is InChI=1S/C5H9ClN2/c1-5(6)8-4-3-7-2/h4,7H,1,3H2,2H3. The Bertz CT molecular complexity index is 98.6. The van der Waals surface area contributed by atoms with Gasteiger partial charge in [0.05, 0.1) is 0 Å². The van der Waals surface area contributed by atoms with Crippen LogP contribution in [0.2, 0.25) is 0 Å². The molecule has 0 amide bonds. The normalized spacial score (nSPS) is 10.2. The van der Waals surface area contributed by atoms with Gasteiger partial charge in [-0.05, 0) is 7.05 Å². The van der Waals surface area contributed by atoms with Crippen LogP contribution in [-0.2, 0) is 0 Å². The van der Waals surface area contributed by atoms with Crippen LogP contribution in [-0.4, -0.2) is 19.8 Å². The van der Waals surface area contributed by atoms with Crippen molar-refractivity contribution in [3.8, 4) is 0 Å². The summed E-state index contributed by atoms with van der Waals surface area (Å²) in [5.74, 6) is 0. The highest BCUT2D eigenvalue weighted by molar-refractivity contribution is 6.29. The molecule has 0 aromatic carbocycles. The van der Waals surface area contributed by atoms with E-state index in [4.69, 9.17) is 11.6 Å². The van der Waals surface area contributed by atoms with Crippen LogP contribution >= 0.6 is 11.6 Å². The van der Waals surface area contributed by atoms with Gasteiger partial charge in [-0.3, -0.25) is 0 Å². The summed E-state index contributed by atoms with van der Waals surface area (Å²) in [7, 11) is 1.84. The second-order valence-corrected chi connectivity index (χ2v) is 1.68. The molecule has 46 valence electrons. The fourth-order valence-corrected chi connectivity index (χ4v) is 0.305. The lowest BCUT2D eigenvalue weighted by molar-refractivity contribution is 0.957. The van der Waals surface area contributed by atoms with Crippen molar-refractivity contribution < 1.29 is 0 Å². The lowest BCUT2D eigenvalue weighted by atomic mass is 10.7. The zero-order chi connectivity index (χ0) is 6.41. The number of rotatable bonds is 3. The fourth-order valence-electron chi connectivity index (χ4n) is 0.236. The van der Waals surface area contributed by atoms with E-state index in [1.54, 1.807) is 6.21 Å². The van der Waals surface area contributed by atoms with Crippen molar-refractivity contribution in [2.45, 2.75) is 0 Å². The molecule has 0 heterocycles. The molecule has 0 spiro atoms. The van der Waals surface area contributed by atoms with Gasteiger partial charge in [-0.15, -0.1) is 0 Å². The Kier molecular flexibility index (Phi) is 4.61. The summed E-state index contributed by atoms with van der Waals surface area (Å²) in [5, 5.41) is 3.19. The summed E-state index contributed by atoms with van der Waals surface area (Å²) in [5.41, 5.74) is 0. The average molecular weight is 133 g/mol. The van der Waals surface area contributed by atoms with E-state index in [1.165, 1.54) is 0 Å². The molecule has 0 radical (unpaired) electrons. The first kappa shape index (κ1) is 7.66. The highest BCUT2D eigenvalue weighted by atomic mass is 35.5. The Hall–Kier alpha value is -0.340. The predicted molar refractivity (Wildman–Crippen MR) is 37.4 cm³/mol. The van der Waals surface area contributed by atoms with E-state index in [9.17, 15) is 0 Å². The first-order valence-electron chi connectivity index (χ1n) is 2.29. The van der Waals surface area contributed by atoms with Gasteiger partial charge in [0.1, 0.15) is 5.16 Å². The molecule has 8 heavy (non-hydrogen) atoms. The number of hydrogen-bond acceptors (Lipinski definition) is 2. The molecule has 0 saturated heterocycles. The van der Waals surface area contributed by atoms with Crippen LogP contribution in [0.5, 0.6) is 0 Å². The second-order valence-electron chi connectivity index (χ2n) is 1.25. The van der Waals surface area contributed by atoms with Crippen molar-refractivity contribution >= 4 is 17.8 Å². The van der Waals surface area contributed by atoms with Crippen molar-refractivity contribution in [2.24, 2.45) is 4.99 Å². The van der Waals surface area contributed by atoms with Crippen LogP contribution < -0.4 is 5.32 Å². The Morgan fingerprint density at radius 3 is 3.00 bits per heavy atom. The monoisotopic (exact) mass is 132 g/mol. The van der Waals surface area contributed by atoms with Crippen molar-refractivity contribution in [3.63, 3.8) is 0 Å². The summed E-state index contributed by atoms with van der Waals surface area (Å²) < 4.78 is 0. The average Bonchev–Trinajstić information content (AvgIpc) is 1.66. The van der Waals surface area contributed by atoms with E-state index < -0.39 is 0 Å². The van der Waals surface area contributed by atoms with Crippen molar-refractivity contribution in [1.29, 1.82) is 0 Å². The van der Waals surface area contributed by atoms with Crippen molar-refractivity contribution in [3.05, 3.63) is 11.7 Å². The summed E-state index contributed by atoms with van der Waals surface area (Å²) in [4.78, 5) is 3.70. The fraction of sp³-hybridized carbons (Fsp3) is 0.400. The van der Waals surface area contributed by atoms with Crippen LogP contribution in [0.1, 0.15) is 0 Å². The minimum Gasteiger partial charge on any atom is -0.315 e. The molecule has 3 heteroatoms. The maximum atomic E-state index is 5.29. The molecule has 0 aliphatic carbocycles. The third-order valence-corrected chi connectivity index (χ3v) is 0.624. The molecule has 0 bridgehead atoms. The predicted octanol–water partition coefficient (Wildman–Crippen LogP) is 0.987. The topological polar surface area (TPSA) is 24.4 Å². The van der Waals surface area contributed by atoms with E-state index in [0.29, 0.717) is 5.16 Å². The van der Waals surface area contributed by atoms with Gasteiger partial charge in [-0.1, -0.05) is 18.2 Å². The molecule has 0 aromatic heterocycles. The third kappa shape index (κ3) is 5.66. The molecular formula is C5H9ClN2. The Morgan fingerprint density at radius 1 is 2.00 bits per heavy atom. The van der Waals surface area contributed by atoms with E-state index >= 15 is 0 Å². The van der Waals surface area contributed by atoms with Crippen LogP contribution in [0, 0.1) is 0 Å². The van der Waals surface area contributed by atoms with Gasteiger partial charge in [0.15, 0.2) is 0 Å². The minimum atomic E-state index is 0.320. The van der Waals surface area contributed by atoms with E-state index in [0.717, 1.165) is 6.54 Å². The summed E-state index contributed by atoms with van der Waals surface area (Å²) in [6.07, 6.45) is 1.66. The first-order chi connectivity index (χ1) is 3.77. The van der Waals surface area contributed by atoms with E-state index in [1.807, 2.05) is 7.05 Å². The van der Waals surface area contributed by atoms with Gasteiger partial charge in [-0.2, -0.15) is 0 Å². The number of aliphatic imine (C=N–C) groups is 1. The number of nitrogens with one attached hydrogen (secondary N) is 1.